The van der Waals surface area contributed by atoms with Crippen LogP contribution in [0.1, 0.15) is 31.1 Å². The molecule has 0 aliphatic carbocycles. The molecular weight excluding hydrogens is 371 g/mol. The Balaban J connectivity index is 1.62. The van der Waals surface area contributed by atoms with Gasteiger partial charge in [0.1, 0.15) is 23.8 Å². The fraction of sp³-hybridized carbons (Fsp3) is 0.400. The van der Waals surface area contributed by atoms with Gasteiger partial charge in [0, 0.05) is 38.4 Å². The third kappa shape index (κ3) is 5.18. The number of aliphatic imine (C=N–C) groups is 1. The van der Waals surface area contributed by atoms with Crippen molar-refractivity contribution in [1.29, 1.82) is 0 Å². The fourth-order valence-electron chi connectivity index (χ4n) is 3.02. The Labute approximate surface area is 169 Å². The average Bonchev–Trinajstić information content (AvgIpc) is 3.34. The molecule has 0 fully saturated rings. The van der Waals surface area contributed by atoms with E-state index in [9.17, 15) is 4.39 Å². The van der Waals surface area contributed by atoms with Crippen LogP contribution in [0, 0.1) is 12.7 Å². The minimum Gasteiger partial charge on any atom is -0.357 e. The molecule has 29 heavy (non-hydrogen) atoms. The Hall–Kier alpha value is -3.23. The van der Waals surface area contributed by atoms with E-state index in [0.29, 0.717) is 24.7 Å². The number of guanidine groups is 1. The maximum Gasteiger partial charge on any atom is 0.191 e. The molecule has 0 aliphatic heterocycles. The summed E-state index contributed by atoms with van der Waals surface area (Å²) in [4.78, 5) is 8.71. The van der Waals surface area contributed by atoms with Gasteiger partial charge in [0.15, 0.2) is 5.96 Å². The second kappa shape index (κ2) is 9.81. The largest absolute Gasteiger partial charge is 0.357 e. The van der Waals surface area contributed by atoms with E-state index in [-0.39, 0.29) is 5.82 Å². The standard InChI is InChI=1S/C20H27FN8/c1-4-19-27-26-14-28(19)10-8-24-20(22-5-2)25-13-16-6-7-18(17(21)12-16)29-11-9-23-15(29)3/h6-7,9,11-12,14H,4-5,8,10,13H2,1-3H3,(H2,22,24,25). The van der Waals surface area contributed by atoms with Crippen molar-refractivity contribution < 1.29 is 4.39 Å². The highest BCUT2D eigenvalue weighted by atomic mass is 19.1. The van der Waals surface area contributed by atoms with Crippen LogP contribution in [-0.4, -0.2) is 43.4 Å². The molecule has 0 bridgehead atoms. The lowest BCUT2D eigenvalue weighted by Crippen LogP contribution is -2.38. The van der Waals surface area contributed by atoms with E-state index in [0.717, 1.165) is 36.7 Å². The average molecular weight is 398 g/mol. The second-order valence-electron chi connectivity index (χ2n) is 6.55. The van der Waals surface area contributed by atoms with Crippen LogP contribution in [0.5, 0.6) is 0 Å². The minimum absolute atomic E-state index is 0.295. The van der Waals surface area contributed by atoms with Crippen LogP contribution in [-0.2, 0) is 19.5 Å². The van der Waals surface area contributed by atoms with Gasteiger partial charge in [0.05, 0.1) is 12.2 Å². The summed E-state index contributed by atoms with van der Waals surface area (Å²) in [5.41, 5.74) is 1.28. The van der Waals surface area contributed by atoms with E-state index in [1.165, 1.54) is 6.07 Å². The Morgan fingerprint density at radius 1 is 1.24 bits per heavy atom. The number of hydrogen-bond donors (Lipinski definition) is 2. The Morgan fingerprint density at radius 2 is 2.10 bits per heavy atom. The summed E-state index contributed by atoms with van der Waals surface area (Å²) in [6.07, 6.45) is 5.98. The normalized spacial score (nSPS) is 11.7. The summed E-state index contributed by atoms with van der Waals surface area (Å²) in [7, 11) is 0. The van der Waals surface area contributed by atoms with Crippen molar-refractivity contribution in [2.75, 3.05) is 13.1 Å². The number of hydrogen-bond acceptors (Lipinski definition) is 4. The van der Waals surface area contributed by atoms with Crippen molar-refractivity contribution in [2.45, 2.75) is 40.3 Å². The lowest BCUT2D eigenvalue weighted by Gasteiger charge is -2.12. The zero-order valence-electron chi connectivity index (χ0n) is 17.1. The Bertz CT molecular complexity index is 959. The van der Waals surface area contributed by atoms with Crippen molar-refractivity contribution in [1.82, 2.24) is 34.9 Å². The van der Waals surface area contributed by atoms with Crippen molar-refractivity contribution in [3.8, 4) is 5.69 Å². The molecule has 1 aromatic carbocycles. The first kappa shape index (κ1) is 20.5. The lowest BCUT2D eigenvalue weighted by atomic mass is 10.2. The zero-order valence-corrected chi connectivity index (χ0v) is 17.1. The van der Waals surface area contributed by atoms with E-state index < -0.39 is 0 Å². The topological polar surface area (TPSA) is 85.0 Å². The smallest absolute Gasteiger partial charge is 0.191 e. The van der Waals surface area contributed by atoms with Gasteiger partial charge in [-0.15, -0.1) is 10.2 Å². The van der Waals surface area contributed by atoms with Crippen LogP contribution >= 0.6 is 0 Å². The number of aryl methyl sites for hydroxylation is 2. The molecule has 2 N–H and O–H groups in total. The summed E-state index contributed by atoms with van der Waals surface area (Å²) in [5, 5.41) is 14.5. The monoisotopic (exact) mass is 398 g/mol. The molecule has 0 amide bonds. The van der Waals surface area contributed by atoms with E-state index in [1.54, 1.807) is 29.4 Å². The molecular formula is C20H27FN8. The number of nitrogens with zero attached hydrogens (tertiary/aromatic N) is 6. The van der Waals surface area contributed by atoms with Crippen LogP contribution in [0.3, 0.4) is 0 Å². The first-order valence-electron chi connectivity index (χ1n) is 9.80. The molecule has 0 aliphatic rings. The van der Waals surface area contributed by atoms with E-state index >= 15 is 0 Å². The number of benzene rings is 1. The predicted molar refractivity (Wildman–Crippen MR) is 110 cm³/mol. The molecule has 0 radical (unpaired) electrons. The molecule has 3 aromatic rings. The van der Waals surface area contributed by atoms with Gasteiger partial charge >= 0.3 is 0 Å². The van der Waals surface area contributed by atoms with Crippen molar-refractivity contribution in [2.24, 2.45) is 4.99 Å². The first-order valence-corrected chi connectivity index (χ1v) is 9.80. The van der Waals surface area contributed by atoms with Gasteiger partial charge in [-0.1, -0.05) is 13.0 Å². The van der Waals surface area contributed by atoms with Gasteiger partial charge < -0.3 is 19.8 Å². The van der Waals surface area contributed by atoms with Crippen molar-refractivity contribution in [3.05, 3.63) is 59.9 Å². The quantitative estimate of drug-likeness (QED) is 0.449. The molecule has 0 saturated carbocycles. The van der Waals surface area contributed by atoms with E-state index in [2.05, 4.69) is 37.7 Å². The molecule has 2 aromatic heterocycles. The van der Waals surface area contributed by atoms with Crippen LogP contribution < -0.4 is 10.6 Å². The zero-order chi connectivity index (χ0) is 20.6. The van der Waals surface area contributed by atoms with Crippen LogP contribution in [0.4, 0.5) is 4.39 Å². The summed E-state index contributed by atoms with van der Waals surface area (Å²) >= 11 is 0. The lowest BCUT2D eigenvalue weighted by molar-refractivity contribution is 0.614. The van der Waals surface area contributed by atoms with Crippen molar-refractivity contribution in [3.63, 3.8) is 0 Å². The van der Waals surface area contributed by atoms with Gasteiger partial charge in [0.25, 0.3) is 0 Å². The second-order valence-corrected chi connectivity index (χ2v) is 6.55. The van der Waals surface area contributed by atoms with Crippen LogP contribution in [0.2, 0.25) is 0 Å². The summed E-state index contributed by atoms with van der Waals surface area (Å²) in [6.45, 7) is 8.45. The maximum absolute atomic E-state index is 14.6. The highest BCUT2D eigenvalue weighted by Crippen LogP contribution is 2.17. The number of imidazole rings is 1. The van der Waals surface area contributed by atoms with Gasteiger partial charge in [-0.25, -0.2) is 14.4 Å². The number of nitrogens with one attached hydrogen (secondary N) is 2. The first-order chi connectivity index (χ1) is 14.1. The van der Waals surface area contributed by atoms with E-state index in [1.807, 2.05) is 24.5 Å². The SMILES string of the molecule is CCNC(=NCc1ccc(-n2ccnc2C)c(F)c1)NCCn1cnnc1CC. The molecule has 0 saturated heterocycles. The van der Waals surface area contributed by atoms with Crippen molar-refractivity contribution >= 4 is 5.96 Å². The van der Waals surface area contributed by atoms with Gasteiger partial charge in [0.2, 0.25) is 0 Å². The summed E-state index contributed by atoms with van der Waals surface area (Å²) in [6, 6.07) is 5.16. The molecule has 0 atom stereocenters. The summed E-state index contributed by atoms with van der Waals surface area (Å²) in [5.74, 6) is 2.09. The third-order valence-electron chi connectivity index (χ3n) is 4.52. The number of rotatable bonds is 8. The number of halogens is 1. The molecule has 0 unspecified atom stereocenters. The molecule has 0 spiro atoms. The van der Waals surface area contributed by atoms with E-state index in [4.69, 9.17) is 0 Å². The molecule has 9 heteroatoms. The Morgan fingerprint density at radius 3 is 2.79 bits per heavy atom. The van der Waals surface area contributed by atoms with Gasteiger partial charge in [-0.2, -0.15) is 0 Å². The molecule has 8 nitrogen and oxygen atoms in total. The van der Waals surface area contributed by atoms with Crippen LogP contribution in [0.25, 0.3) is 5.69 Å². The minimum atomic E-state index is -0.295. The summed E-state index contributed by atoms with van der Waals surface area (Å²) < 4.78 is 18.3. The van der Waals surface area contributed by atoms with Crippen LogP contribution in [0.15, 0.2) is 41.9 Å². The third-order valence-corrected chi connectivity index (χ3v) is 4.52. The molecule has 2 heterocycles. The molecule has 154 valence electrons. The van der Waals surface area contributed by atoms with Gasteiger partial charge in [-0.3, -0.25) is 0 Å². The van der Waals surface area contributed by atoms with Gasteiger partial charge in [-0.05, 0) is 31.5 Å². The Kier molecular flexibility index (Phi) is 6.94. The highest BCUT2D eigenvalue weighted by molar-refractivity contribution is 5.79. The fourth-order valence-corrected chi connectivity index (χ4v) is 3.02. The predicted octanol–water partition coefficient (Wildman–Crippen LogP) is 2.23. The highest BCUT2D eigenvalue weighted by Gasteiger charge is 2.08. The number of aromatic nitrogens is 5. The maximum atomic E-state index is 14.6. The molecule has 3 rings (SSSR count).